The molecule has 1 rings (SSSR count). The van der Waals surface area contributed by atoms with Gasteiger partial charge in [-0.3, -0.25) is 14.6 Å². The lowest BCUT2D eigenvalue weighted by Gasteiger charge is -2.43. The highest BCUT2D eigenvalue weighted by Crippen LogP contribution is 2.18. The molecule has 4 nitrogen and oxygen atoms in total. The molecule has 0 aliphatic carbocycles. The van der Waals surface area contributed by atoms with Crippen LogP contribution in [-0.4, -0.2) is 58.6 Å². The number of nitrogens with zero attached hydrogens (tertiary/aromatic N) is 2. The predicted molar refractivity (Wildman–Crippen MR) is 69.2 cm³/mol. The van der Waals surface area contributed by atoms with Crippen LogP contribution < -0.4 is 0 Å². The van der Waals surface area contributed by atoms with E-state index < -0.39 is 5.97 Å². The Morgan fingerprint density at radius 2 is 1.76 bits per heavy atom. The fourth-order valence-electron chi connectivity index (χ4n) is 2.44. The van der Waals surface area contributed by atoms with Crippen LogP contribution in [0, 0.1) is 0 Å². The van der Waals surface area contributed by atoms with Crippen molar-refractivity contribution in [2.75, 3.05) is 26.2 Å². The number of piperazine rings is 1. The summed E-state index contributed by atoms with van der Waals surface area (Å²) < 4.78 is 0. The molecular formula is C13H26N2O2. The number of rotatable bonds is 4. The number of carboxylic acid groups (broad SMARTS) is 1. The minimum Gasteiger partial charge on any atom is -0.480 e. The average Bonchev–Trinajstić information content (AvgIpc) is 2.24. The van der Waals surface area contributed by atoms with Crippen molar-refractivity contribution in [1.82, 2.24) is 9.80 Å². The zero-order chi connectivity index (χ0) is 13.1. The second kappa shape index (κ2) is 5.83. The summed E-state index contributed by atoms with van der Waals surface area (Å²) in [6.45, 7) is 12.4. The molecule has 0 amide bonds. The molecule has 0 aromatic rings. The quantitative estimate of drug-likeness (QED) is 0.814. The van der Waals surface area contributed by atoms with Crippen molar-refractivity contribution in [3.63, 3.8) is 0 Å². The first-order valence-electron chi connectivity index (χ1n) is 6.58. The van der Waals surface area contributed by atoms with Gasteiger partial charge in [-0.25, -0.2) is 0 Å². The van der Waals surface area contributed by atoms with E-state index in [4.69, 9.17) is 0 Å². The van der Waals surface area contributed by atoms with Crippen LogP contribution in [0.2, 0.25) is 0 Å². The highest BCUT2D eigenvalue weighted by molar-refractivity contribution is 5.73. The second-order valence-electron chi connectivity index (χ2n) is 5.84. The normalized spacial score (nSPS) is 21.4. The van der Waals surface area contributed by atoms with Gasteiger partial charge in [0.05, 0.1) is 0 Å². The summed E-state index contributed by atoms with van der Waals surface area (Å²) in [7, 11) is 0. The number of carboxylic acids is 1. The van der Waals surface area contributed by atoms with E-state index in [1.807, 2.05) is 6.92 Å². The van der Waals surface area contributed by atoms with E-state index in [9.17, 15) is 9.90 Å². The summed E-state index contributed by atoms with van der Waals surface area (Å²) in [6.07, 6.45) is 1.68. The number of hydrogen-bond acceptors (Lipinski definition) is 3. The van der Waals surface area contributed by atoms with Gasteiger partial charge in [0.2, 0.25) is 0 Å². The lowest BCUT2D eigenvalue weighted by molar-refractivity contribution is -0.144. The van der Waals surface area contributed by atoms with Gasteiger partial charge < -0.3 is 5.11 Å². The van der Waals surface area contributed by atoms with Crippen LogP contribution in [0.5, 0.6) is 0 Å². The van der Waals surface area contributed by atoms with Gasteiger partial charge in [0, 0.05) is 31.7 Å². The molecule has 1 aliphatic heterocycles. The molecular weight excluding hydrogens is 216 g/mol. The van der Waals surface area contributed by atoms with Gasteiger partial charge in [-0.1, -0.05) is 13.3 Å². The summed E-state index contributed by atoms with van der Waals surface area (Å²) in [6, 6.07) is -0.290. The maximum absolute atomic E-state index is 11.2. The van der Waals surface area contributed by atoms with E-state index in [0.29, 0.717) is 0 Å². The fraction of sp³-hybridized carbons (Fsp3) is 0.923. The van der Waals surface area contributed by atoms with Crippen LogP contribution in [0.4, 0.5) is 0 Å². The van der Waals surface area contributed by atoms with Crippen molar-refractivity contribution in [2.45, 2.75) is 52.1 Å². The molecule has 4 heteroatoms. The molecule has 100 valence electrons. The van der Waals surface area contributed by atoms with Crippen molar-refractivity contribution in [3.8, 4) is 0 Å². The van der Waals surface area contributed by atoms with E-state index in [-0.39, 0.29) is 11.6 Å². The highest BCUT2D eigenvalue weighted by Gasteiger charge is 2.31. The van der Waals surface area contributed by atoms with Crippen molar-refractivity contribution < 1.29 is 9.90 Å². The second-order valence-corrected chi connectivity index (χ2v) is 5.84. The SMILES string of the molecule is CCCC(C(=O)O)N1CCN(C(C)(C)C)CC1. The molecule has 0 saturated carbocycles. The molecule has 1 aliphatic rings. The lowest BCUT2D eigenvalue weighted by atomic mass is 10.0. The largest absolute Gasteiger partial charge is 0.480 e. The van der Waals surface area contributed by atoms with E-state index in [2.05, 4.69) is 30.6 Å². The molecule has 0 aromatic carbocycles. The van der Waals surface area contributed by atoms with Crippen molar-refractivity contribution in [3.05, 3.63) is 0 Å². The predicted octanol–water partition coefficient (Wildman–Crippen LogP) is 1.66. The van der Waals surface area contributed by atoms with Gasteiger partial charge in [-0.05, 0) is 27.2 Å². The molecule has 0 aromatic heterocycles. The van der Waals surface area contributed by atoms with Crippen LogP contribution in [-0.2, 0) is 4.79 Å². The Morgan fingerprint density at radius 3 is 2.12 bits per heavy atom. The number of hydrogen-bond donors (Lipinski definition) is 1. The molecule has 1 saturated heterocycles. The molecule has 1 heterocycles. The van der Waals surface area contributed by atoms with Crippen LogP contribution in [0.3, 0.4) is 0 Å². The van der Waals surface area contributed by atoms with Crippen molar-refractivity contribution in [2.24, 2.45) is 0 Å². The van der Waals surface area contributed by atoms with Crippen molar-refractivity contribution in [1.29, 1.82) is 0 Å². The zero-order valence-corrected chi connectivity index (χ0v) is 11.6. The molecule has 1 fully saturated rings. The van der Waals surface area contributed by atoms with Crippen molar-refractivity contribution >= 4 is 5.97 Å². The Hall–Kier alpha value is -0.610. The van der Waals surface area contributed by atoms with Gasteiger partial charge in [-0.15, -0.1) is 0 Å². The molecule has 0 radical (unpaired) electrons. The molecule has 0 spiro atoms. The Bertz CT molecular complexity index is 253. The molecule has 1 unspecified atom stereocenters. The summed E-state index contributed by atoms with van der Waals surface area (Å²) in [5.74, 6) is -0.670. The van der Waals surface area contributed by atoms with Gasteiger partial charge in [-0.2, -0.15) is 0 Å². The van der Waals surface area contributed by atoms with Crippen LogP contribution in [0.25, 0.3) is 0 Å². The average molecular weight is 242 g/mol. The van der Waals surface area contributed by atoms with E-state index in [1.165, 1.54) is 0 Å². The van der Waals surface area contributed by atoms with E-state index in [1.54, 1.807) is 0 Å². The Balaban J connectivity index is 2.52. The summed E-state index contributed by atoms with van der Waals surface area (Å²) in [4.78, 5) is 15.8. The maximum Gasteiger partial charge on any atom is 0.320 e. The maximum atomic E-state index is 11.2. The summed E-state index contributed by atoms with van der Waals surface area (Å²) in [5, 5.41) is 9.23. The third-order valence-corrected chi connectivity index (χ3v) is 3.55. The third-order valence-electron chi connectivity index (χ3n) is 3.55. The minimum absolute atomic E-state index is 0.190. The highest BCUT2D eigenvalue weighted by atomic mass is 16.4. The Morgan fingerprint density at radius 1 is 1.24 bits per heavy atom. The first-order valence-corrected chi connectivity index (χ1v) is 6.58. The molecule has 1 N–H and O–H groups in total. The Kier molecular flexibility index (Phi) is 4.95. The van der Waals surface area contributed by atoms with Crippen LogP contribution in [0.15, 0.2) is 0 Å². The zero-order valence-electron chi connectivity index (χ0n) is 11.6. The molecule has 0 bridgehead atoms. The standard InChI is InChI=1S/C13H26N2O2/c1-5-6-11(12(16)17)14-7-9-15(10-8-14)13(2,3)4/h11H,5-10H2,1-4H3,(H,16,17). The van der Waals surface area contributed by atoms with E-state index in [0.717, 1.165) is 39.0 Å². The molecule has 17 heavy (non-hydrogen) atoms. The number of aliphatic carboxylic acids is 1. The monoisotopic (exact) mass is 242 g/mol. The minimum atomic E-state index is -0.670. The number of carbonyl (C=O) groups is 1. The van der Waals surface area contributed by atoms with Gasteiger partial charge in [0.1, 0.15) is 6.04 Å². The molecule has 1 atom stereocenters. The lowest BCUT2D eigenvalue weighted by Crippen LogP contribution is -2.56. The summed E-state index contributed by atoms with van der Waals surface area (Å²) in [5.41, 5.74) is 0.190. The topological polar surface area (TPSA) is 43.8 Å². The first-order chi connectivity index (χ1) is 7.86. The first kappa shape index (κ1) is 14.5. The smallest absolute Gasteiger partial charge is 0.320 e. The fourth-order valence-corrected chi connectivity index (χ4v) is 2.44. The van der Waals surface area contributed by atoms with Gasteiger partial charge >= 0.3 is 5.97 Å². The summed E-state index contributed by atoms with van der Waals surface area (Å²) >= 11 is 0. The van der Waals surface area contributed by atoms with Crippen LogP contribution in [0.1, 0.15) is 40.5 Å². The van der Waals surface area contributed by atoms with Gasteiger partial charge in [0.15, 0.2) is 0 Å². The third kappa shape index (κ3) is 3.96. The van der Waals surface area contributed by atoms with Gasteiger partial charge in [0.25, 0.3) is 0 Å². The Labute approximate surface area is 105 Å². The van der Waals surface area contributed by atoms with Crippen LogP contribution >= 0.6 is 0 Å². The van der Waals surface area contributed by atoms with E-state index >= 15 is 0 Å².